The number of nitrogens with zero attached hydrogens (tertiary/aromatic N) is 3. The average molecular weight is 360 g/mol. The molecular formula is C17H22N5O4+. The van der Waals surface area contributed by atoms with Crippen LogP contribution < -0.4 is 16.2 Å². The Labute approximate surface area is 150 Å². The maximum absolute atomic E-state index is 8.47. The molecular weight excluding hydrogens is 338 g/mol. The fraction of sp³-hybridized carbons (Fsp3) is 0.176. The van der Waals surface area contributed by atoms with Crippen molar-refractivity contribution < 1.29 is 20.2 Å². The van der Waals surface area contributed by atoms with E-state index in [4.69, 9.17) is 31.5 Å². The molecule has 2 rings (SSSR count). The first kappa shape index (κ1) is 20.4. The van der Waals surface area contributed by atoms with Crippen molar-refractivity contribution >= 4 is 11.7 Å². The van der Waals surface area contributed by atoms with E-state index in [0.717, 1.165) is 29.0 Å². The van der Waals surface area contributed by atoms with E-state index in [2.05, 4.69) is 10.2 Å². The molecule has 0 unspecified atom stereocenters. The van der Waals surface area contributed by atoms with Crippen molar-refractivity contribution in [1.82, 2.24) is 0 Å². The molecule has 0 aliphatic heterocycles. The van der Waals surface area contributed by atoms with Crippen molar-refractivity contribution in [1.29, 1.82) is 0 Å². The lowest BCUT2D eigenvalue weighted by molar-refractivity contribution is -0.969. The lowest BCUT2D eigenvalue weighted by Gasteiger charge is -2.08. The quantitative estimate of drug-likeness (QED) is 0.353. The van der Waals surface area contributed by atoms with Gasteiger partial charge < -0.3 is 16.2 Å². The van der Waals surface area contributed by atoms with E-state index in [1.54, 1.807) is 0 Å². The number of benzene rings is 2. The lowest BCUT2D eigenvalue weighted by Crippen LogP contribution is -2.22. The molecule has 0 spiro atoms. The molecule has 0 heterocycles. The second-order valence-corrected chi connectivity index (χ2v) is 4.98. The molecule has 138 valence electrons. The van der Waals surface area contributed by atoms with Crippen molar-refractivity contribution in [3.8, 4) is 5.75 Å². The fourth-order valence-corrected chi connectivity index (χ4v) is 1.94. The third kappa shape index (κ3) is 8.29. The zero-order chi connectivity index (χ0) is 19.4. The van der Waals surface area contributed by atoms with Crippen LogP contribution in [0, 0.1) is 4.91 Å². The summed E-state index contributed by atoms with van der Waals surface area (Å²) in [6.45, 7) is 2.55. The number of hydrogen-bond acceptors (Lipinski definition) is 4. The van der Waals surface area contributed by atoms with Gasteiger partial charge in [0.2, 0.25) is 5.96 Å². The van der Waals surface area contributed by atoms with Crippen molar-refractivity contribution in [2.45, 2.75) is 20.0 Å². The van der Waals surface area contributed by atoms with E-state index < -0.39 is 5.09 Å². The van der Waals surface area contributed by atoms with E-state index in [1.807, 2.05) is 61.5 Å². The Morgan fingerprint density at radius 2 is 1.62 bits per heavy atom. The number of rotatable bonds is 6. The van der Waals surface area contributed by atoms with Gasteiger partial charge in [-0.2, -0.15) is 5.10 Å². The Kier molecular flexibility index (Phi) is 8.66. The second kappa shape index (κ2) is 11.0. The van der Waals surface area contributed by atoms with Crippen molar-refractivity contribution in [3.05, 3.63) is 70.6 Å². The molecule has 0 saturated carbocycles. The van der Waals surface area contributed by atoms with Crippen molar-refractivity contribution in [2.24, 2.45) is 21.7 Å². The lowest BCUT2D eigenvalue weighted by atomic mass is 10.1. The Bertz CT molecular complexity index is 738. The van der Waals surface area contributed by atoms with E-state index in [9.17, 15) is 0 Å². The molecule has 2 aromatic rings. The van der Waals surface area contributed by atoms with Crippen LogP contribution in [0.5, 0.6) is 5.75 Å². The Hall–Kier alpha value is -3.62. The van der Waals surface area contributed by atoms with Crippen LogP contribution in [0.15, 0.2) is 64.8 Å². The van der Waals surface area contributed by atoms with Crippen molar-refractivity contribution in [3.63, 3.8) is 0 Å². The van der Waals surface area contributed by atoms with Crippen LogP contribution in [0.3, 0.4) is 0 Å². The van der Waals surface area contributed by atoms with Gasteiger partial charge in [0.15, 0.2) is 0 Å². The van der Waals surface area contributed by atoms with Crippen LogP contribution in [0.4, 0.5) is 0 Å². The molecule has 9 nitrogen and oxygen atoms in total. The first-order chi connectivity index (χ1) is 12.4. The molecule has 0 atom stereocenters. The number of ether oxygens (including phenoxy) is 1. The summed E-state index contributed by atoms with van der Waals surface area (Å²) in [5, 5.41) is 20.3. The average Bonchev–Trinajstić information content (AvgIpc) is 2.61. The van der Waals surface area contributed by atoms with Gasteiger partial charge in [-0.15, -0.1) is 5.10 Å². The SMILES string of the molecule is CC/C(=N\N=C(N)N)c1ccc(OCc2ccccc2)cc1.O=[N+](O)O. The third-order valence-corrected chi connectivity index (χ3v) is 3.06. The zero-order valence-electron chi connectivity index (χ0n) is 14.3. The third-order valence-electron chi connectivity index (χ3n) is 3.06. The summed E-state index contributed by atoms with van der Waals surface area (Å²) >= 11 is 0. The molecule has 6 N–H and O–H groups in total. The molecule has 0 amide bonds. The Morgan fingerprint density at radius 1 is 1.04 bits per heavy atom. The molecule has 9 heteroatoms. The largest absolute Gasteiger partial charge is 0.489 e. The molecule has 0 radical (unpaired) electrons. The first-order valence-electron chi connectivity index (χ1n) is 7.70. The zero-order valence-corrected chi connectivity index (χ0v) is 14.3. The van der Waals surface area contributed by atoms with Gasteiger partial charge in [-0.05, 0) is 41.8 Å². The van der Waals surface area contributed by atoms with Gasteiger partial charge in [-0.1, -0.05) is 37.3 Å². The summed E-state index contributed by atoms with van der Waals surface area (Å²) in [4.78, 5) is 8.47. The minimum absolute atomic E-state index is 0.0474. The molecule has 0 aromatic heterocycles. The van der Waals surface area contributed by atoms with Crippen molar-refractivity contribution in [2.75, 3.05) is 0 Å². The Morgan fingerprint density at radius 3 is 2.12 bits per heavy atom. The summed E-state index contributed by atoms with van der Waals surface area (Å²) < 4.78 is 5.75. The van der Waals surface area contributed by atoms with Crippen LogP contribution in [-0.4, -0.2) is 27.2 Å². The van der Waals surface area contributed by atoms with Crippen LogP contribution in [0.25, 0.3) is 0 Å². The van der Waals surface area contributed by atoms with Crippen LogP contribution in [0.1, 0.15) is 24.5 Å². The molecule has 0 bridgehead atoms. The van der Waals surface area contributed by atoms with Gasteiger partial charge >= 0.3 is 5.09 Å². The van der Waals surface area contributed by atoms with Gasteiger partial charge in [-0.3, -0.25) is 0 Å². The molecule has 26 heavy (non-hydrogen) atoms. The van der Waals surface area contributed by atoms with E-state index >= 15 is 0 Å². The van der Waals surface area contributed by atoms with Gasteiger partial charge in [0.1, 0.15) is 17.3 Å². The maximum Gasteiger partial charge on any atom is 0.472 e. The summed E-state index contributed by atoms with van der Waals surface area (Å²) in [6, 6.07) is 17.8. The van der Waals surface area contributed by atoms with Gasteiger partial charge in [-0.25, -0.2) is 10.4 Å². The summed E-state index contributed by atoms with van der Waals surface area (Å²) in [7, 11) is 0. The number of hydrogen-bond donors (Lipinski definition) is 4. The predicted octanol–water partition coefficient (Wildman–Crippen LogP) is 2.20. The van der Waals surface area contributed by atoms with E-state index in [-0.39, 0.29) is 5.96 Å². The minimum atomic E-state index is -1.25. The minimum Gasteiger partial charge on any atom is -0.489 e. The van der Waals surface area contributed by atoms with E-state index in [0.29, 0.717) is 6.61 Å². The maximum atomic E-state index is 8.47. The summed E-state index contributed by atoms with van der Waals surface area (Å²) in [5.41, 5.74) is 13.5. The van der Waals surface area contributed by atoms with Crippen LogP contribution in [-0.2, 0) is 6.61 Å². The van der Waals surface area contributed by atoms with Crippen LogP contribution in [0.2, 0.25) is 0 Å². The normalized spacial score (nSPS) is 10.3. The highest BCUT2D eigenvalue weighted by molar-refractivity contribution is 6.00. The number of guanidine groups is 1. The molecule has 2 aromatic carbocycles. The predicted molar refractivity (Wildman–Crippen MR) is 97.1 cm³/mol. The molecule has 0 aliphatic rings. The van der Waals surface area contributed by atoms with Gasteiger partial charge in [0, 0.05) is 0 Å². The standard InChI is InChI=1S/C17H20N4O.H2NO3/c1-2-16(20-21-17(18)19)14-8-10-15(11-9-14)22-12-13-6-4-3-5-7-13;2-1(3)4/h3-11H,2,12H2,1H3,(H4,18,19,21);(H2,2,3,4)/q;+1/b20-16+;. The highest BCUT2D eigenvalue weighted by Gasteiger charge is 2.02. The topological polar surface area (TPSA) is 147 Å². The van der Waals surface area contributed by atoms with Gasteiger partial charge in [0.25, 0.3) is 0 Å². The Balaban J connectivity index is 0.000000765. The molecule has 0 aliphatic carbocycles. The fourth-order valence-electron chi connectivity index (χ4n) is 1.94. The summed E-state index contributed by atoms with van der Waals surface area (Å²) in [5.74, 6) is 0.763. The monoisotopic (exact) mass is 360 g/mol. The van der Waals surface area contributed by atoms with Gasteiger partial charge in [0.05, 0.1) is 5.71 Å². The highest BCUT2D eigenvalue weighted by Crippen LogP contribution is 2.15. The first-order valence-corrected chi connectivity index (χ1v) is 7.70. The number of nitrogens with two attached hydrogens (primary N) is 2. The second-order valence-electron chi connectivity index (χ2n) is 4.98. The smallest absolute Gasteiger partial charge is 0.472 e. The highest BCUT2D eigenvalue weighted by atomic mass is 16.9. The summed E-state index contributed by atoms with van der Waals surface area (Å²) in [6.07, 6.45) is 0.737. The van der Waals surface area contributed by atoms with E-state index in [1.165, 1.54) is 0 Å². The molecule has 0 saturated heterocycles. The molecule has 0 fully saturated rings. The van der Waals surface area contributed by atoms with Crippen LogP contribution >= 0.6 is 0 Å².